The largest absolute Gasteiger partial charge is 0.463 e. The van der Waals surface area contributed by atoms with E-state index in [-0.39, 0.29) is 60.5 Å². The first-order valence-corrected chi connectivity index (χ1v) is 15.7. The number of anilines is 1. The van der Waals surface area contributed by atoms with E-state index in [1.54, 1.807) is 11.1 Å². The molecule has 46 heavy (non-hydrogen) atoms. The van der Waals surface area contributed by atoms with Crippen molar-refractivity contribution in [1.82, 2.24) is 25.5 Å². The van der Waals surface area contributed by atoms with Gasteiger partial charge >= 0.3 is 6.01 Å². The number of H-pyrrole nitrogens is 1. The van der Waals surface area contributed by atoms with Gasteiger partial charge in [0.05, 0.1) is 37.6 Å². The molecule has 1 aliphatic carbocycles. The number of fused-ring (bicyclic) bond motifs is 2. The summed E-state index contributed by atoms with van der Waals surface area (Å²) in [5, 5.41) is 28.4. The van der Waals surface area contributed by atoms with E-state index in [9.17, 15) is 9.50 Å². The fraction of sp³-hybridized carbons (Fsp3) is 0.548. The number of alkyl halides is 1. The Morgan fingerprint density at radius 1 is 1.30 bits per heavy atom. The molecule has 250 valence electrons. The quantitative estimate of drug-likeness (QED) is 0.222. The Labute approximate surface area is 269 Å². The van der Waals surface area contributed by atoms with Gasteiger partial charge in [0.25, 0.3) is 0 Å². The average Bonchev–Trinajstić information content (AvgIpc) is 3.64. The van der Waals surface area contributed by atoms with Gasteiger partial charge in [-0.1, -0.05) is 18.0 Å². The van der Waals surface area contributed by atoms with Crippen molar-refractivity contribution in [3.8, 4) is 6.01 Å². The molecule has 6 rings (SSSR count). The highest BCUT2D eigenvalue weighted by molar-refractivity contribution is 6.33. The Kier molecular flexibility index (Phi) is 11.2. The van der Waals surface area contributed by atoms with E-state index in [4.69, 9.17) is 26.2 Å². The lowest BCUT2D eigenvalue weighted by molar-refractivity contribution is 0.0597. The molecule has 1 aromatic carbocycles. The molecule has 0 radical (unpaired) electrons. The van der Waals surface area contributed by atoms with Crippen LogP contribution in [0, 0.1) is 12.3 Å². The van der Waals surface area contributed by atoms with Crippen LogP contribution in [0.5, 0.6) is 6.01 Å². The Bertz CT molecular complexity index is 1680. The summed E-state index contributed by atoms with van der Waals surface area (Å²) in [6.45, 7) is 5.98. The topological polar surface area (TPSA) is 141 Å². The second-order valence-electron chi connectivity index (χ2n) is 11.8. The molecule has 3 unspecified atom stereocenters. The summed E-state index contributed by atoms with van der Waals surface area (Å²) in [5.74, 6) is -1.74. The third kappa shape index (κ3) is 7.15. The molecule has 2 aromatic heterocycles. The number of aliphatic imine (C=N–C) groups is 1. The smallest absolute Gasteiger partial charge is 0.319 e. The lowest BCUT2D eigenvalue weighted by atomic mass is 9.76. The summed E-state index contributed by atoms with van der Waals surface area (Å²) in [7, 11) is 0. The standard InChI is InChI=1S/C30H36ClF2N7O3.CH3FO/c1-17-11-22-20(13-36-39-22)19(25(17)31)12-21(32)26-24(27(33)34-2)28(40-9-10-42-15-18(41)14-40)38-29(37-26)43-16-30-6-3-5-23(30)35-8-4-7-30;2-1-3/h11,13,18,23,35,41H,2-10,12,14-16H2,1H3,(H,36,39);3H,1H2/b26-21-,27-24+;. The maximum Gasteiger partial charge on any atom is 0.319 e. The van der Waals surface area contributed by atoms with Crippen molar-refractivity contribution in [1.29, 1.82) is 0 Å². The summed E-state index contributed by atoms with van der Waals surface area (Å²) in [5.41, 5.74) is 1.86. The molecule has 15 heteroatoms. The van der Waals surface area contributed by atoms with Crippen LogP contribution >= 0.6 is 11.6 Å². The number of aliphatic hydroxyl groups excluding tert-OH is 2. The number of ether oxygens (including phenoxy) is 2. The fourth-order valence-corrected chi connectivity index (χ4v) is 7.02. The summed E-state index contributed by atoms with van der Waals surface area (Å²) in [6.07, 6.45) is 5.65. The molecule has 4 heterocycles. The van der Waals surface area contributed by atoms with E-state index in [0.29, 0.717) is 34.1 Å². The number of hydrogen-bond acceptors (Lipinski definition) is 10. The predicted octanol–water partition coefficient (Wildman–Crippen LogP) is 2.78. The monoisotopic (exact) mass is 665 g/mol. The zero-order valence-electron chi connectivity index (χ0n) is 25.7. The Morgan fingerprint density at radius 3 is 2.87 bits per heavy atom. The molecule has 2 aliphatic heterocycles. The van der Waals surface area contributed by atoms with Crippen molar-refractivity contribution in [3.05, 3.63) is 39.0 Å². The second-order valence-corrected chi connectivity index (χ2v) is 12.2. The normalized spacial score (nSPS) is 24.5. The number of piperidine rings is 1. The first-order valence-electron chi connectivity index (χ1n) is 15.3. The number of halogens is 4. The van der Waals surface area contributed by atoms with Crippen molar-refractivity contribution < 1.29 is 32.9 Å². The molecule has 3 aliphatic rings. The van der Waals surface area contributed by atoms with Crippen molar-refractivity contribution in [2.24, 2.45) is 10.4 Å². The van der Waals surface area contributed by atoms with E-state index < -0.39 is 24.7 Å². The van der Waals surface area contributed by atoms with Gasteiger partial charge in [-0.25, -0.2) is 13.8 Å². The molecule has 3 atom stereocenters. The van der Waals surface area contributed by atoms with Crippen LogP contribution < -0.4 is 25.5 Å². The number of nitrogens with zero attached hydrogens (tertiary/aromatic N) is 5. The van der Waals surface area contributed by atoms with Gasteiger partial charge in [-0.3, -0.25) is 5.10 Å². The van der Waals surface area contributed by atoms with Gasteiger partial charge in [0.2, 0.25) is 5.95 Å². The van der Waals surface area contributed by atoms with Crippen molar-refractivity contribution in [2.75, 3.05) is 51.2 Å². The lowest BCUT2D eigenvalue weighted by Crippen LogP contribution is -2.49. The van der Waals surface area contributed by atoms with E-state index in [1.807, 2.05) is 13.0 Å². The molecular formula is C31H39ClF3N7O4. The van der Waals surface area contributed by atoms with Crippen molar-refractivity contribution >= 4 is 46.8 Å². The van der Waals surface area contributed by atoms with Gasteiger partial charge < -0.3 is 29.9 Å². The minimum absolute atomic E-state index is 0.0515. The van der Waals surface area contributed by atoms with Crippen LogP contribution in [0.15, 0.2) is 17.3 Å². The second kappa shape index (κ2) is 15.1. The number of hydrogen-bond donors (Lipinski definition) is 4. The summed E-state index contributed by atoms with van der Waals surface area (Å²) < 4.78 is 53.7. The van der Waals surface area contributed by atoms with Gasteiger partial charge in [0, 0.05) is 41.4 Å². The minimum atomic E-state index is -1.25. The number of aliphatic hydroxyl groups is 2. The molecule has 3 aromatic rings. The van der Waals surface area contributed by atoms with E-state index >= 15 is 8.78 Å². The highest BCUT2D eigenvalue weighted by Crippen LogP contribution is 2.44. The van der Waals surface area contributed by atoms with Gasteiger partial charge in [-0.15, -0.1) is 0 Å². The first kappa shape index (κ1) is 34.0. The molecule has 0 amide bonds. The molecular weight excluding hydrogens is 627 g/mol. The molecule has 1 saturated carbocycles. The first-order chi connectivity index (χ1) is 22.2. The van der Waals surface area contributed by atoms with Crippen LogP contribution in [-0.4, -0.2) is 95.6 Å². The summed E-state index contributed by atoms with van der Waals surface area (Å²) in [6, 6.07) is 2.09. The number of rotatable bonds is 7. The highest BCUT2D eigenvalue weighted by Gasteiger charge is 2.45. The molecule has 2 saturated heterocycles. The summed E-state index contributed by atoms with van der Waals surface area (Å²) >= 11 is 6.65. The van der Waals surface area contributed by atoms with Crippen LogP contribution in [0.4, 0.5) is 19.0 Å². The third-order valence-corrected chi connectivity index (χ3v) is 9.48. The van der Waals surface area contributed by atoms with Crippen LogP contribution in [0.2, 0.25) is 5.02 Å². The molecule has 4 N–H and O–H groups in total. The predicted molar refractivity (Wildman–Crippen MR) is 169 cm³/mol. The molecule has 3 fully saturated rings. The Balaban J connectivity index is 0.00000134. The maximum atomic E-state index is 16.6. The highest BCUT2D eigenvalue weighted by atomic mass is 35.5. The van der Waals surface area contributed by atoms with Gasteiger partial charge in [-0.05, 0) is 63.1 Å². The molecule has 0 bridgehead atoms. The van der Waals surface area contributed by atoms with Crippen LogP contribution in [-0.2, 0) is 11.2 Å². The van der Waals surface area contributed by atoms with Gasteiger partial charge in [0.1, 0.15) is 22.2 Å². The number of aryl methyl sites for hydroxylation is 1. The Morgan fingerprint density at radius 2 is 2.09 bits per heavy atom. The number of aromatic amines is 1. The third-order valence-electron chi connectivity index (χ3n) is 8.95. The van der Waals surface area contributed by atoms with Gasteiger partial charge in [0.15, 0.2) is 6.86 Å². The van der Waals surface area contributed by atoms with E-state index in [2.05, 4.69) is 37.2 Å². The Hall–Kier alpha value is -3.30. The minimum Gasteiger partial charge on any atom is -0.463 e. The zero-order valence-corrected chi connectivity index (χ0v) is 26.4. The average molecular weight is 666 g/mol. The number of benzene rings is 1. The lowest BCUT2D eigenvalue weighted by Gasteiger charge is -2.39. The fourth-order valence-electron chi connectivity index (χ4n) is 6.79. The van der Waals surface area contributed by atoms with E-state index in [1.165, 1.54) is 0 Å². The molecule has 0 spiro atoms. The van der Waals surface area contributed by atoms with Crippen molar-refractivity contribution in [3.63, 3.8) is 0 Å². The zero-order chi connectivity index (χ0) is 32.8. The molecule has 11 nitrogen and oxygen atoms in total. The van der Waals surface area contributed by atoms with Crippen LogP contribution in [0.3, 0.4) is 0 Å². The maximum absolute atomic E-state index is 16.6. The number of β-amino-alcohol motifs (C(OH)–C–C–N with tert-alkyl or cyclic N) is 1. The summed E-state index contributed by atoms with van der Waals surface area (Å²) in [4.78, 5) is 14.2. The number of nitrogens with one attached hydrogen (secondary N) is 2. The van der Waals surface area contributed by atoms with Crippen LogP contribution in [0.1, 0.15) is 43.2 Å². The van der Waals surface area contributed by atoms with Crippen LogP contribution in [0.25, 0.3) is 22.7 Å². The van der Waals surface area contributed by atoms with Crippen molar-refractivity contribution in [2.45, 2.75) is 57.6 Å². The SMILES string of the molecule is C=N/C(F)=c1/c(N2CCOCC(O)C2)nc(OCC23CCCNC2CCC3)n/c1=C(\F)Cc1c(Cl)c(C)cc2[nH]ncc12.OCF. The number of aromatic nitrogens is 4. The van der Waals surface area contributed by atoms with Gasteiger partial charge in [-0.2, -0.15) is 19.5 Å². The van der Waals surface area contributed by atoms with E-state index in [0.717, 1.165) is 44.2 Å².